The highest BCUT2D eigenvalue weighted by Gasteiger charge is 2.12. The molecule has 1 aromatic heterocycles. The second kappa shape index (κ2) is 5.79. The quantitative estimate of drug-likeness (QED) is 0.793. The van der Waals surface area contributed by atoms with E-state index in [1.54, 1.807) is 0 Å². The fraction of sp³-hybridized carbons (Fsp3) is 0.636. The highest BCUT2D eigenvalue weighted by atomic mass is 32.2. The standard InChI is InChI=1S/C11H17NS2/c1-2-11(13-8-1)14-9-5-10-3-6-12-7-4-10/h1-2,8,10,12H,3-7,9H2. The van der Waals surface area contributed by atoms with Crippen LogP contribution in [0.5, 0.6) is 0 Å². The van der Waals surface area contributed by atoms with Crippen LogP contribution in [-0.2, 0) is 0 Å². The number of hydrogen-bond acceptors (Lipinski definition) is 3. The molecule has 1 aliphatic heterocycles. The SMILES string of the molecule is c1csc(SCCC2CCNCC2)c1. The molecule has 1 saturated heterocycles. The number of rotatable bonds is 4. The Bertz CT molecular complexity index is 240. The van der Waals surface area contributed by atoms with E-state index in [-0.39, 0.29) is 0 Å². The van der Waals surface area contributed by atoms with Crippen molar-refractivity contribution >= 4 is 23.1 Å². The van der Waals surface area contributed by atoms with Crippen LogP contribution in [0.4, 0.5) is 0 Å². The van der Waals surface area contributed by atoms with Crippen LogP contribution in [0.2, 0.25) is 0 Å². The summed E-state index contributed by atoms with van der Waals surface area (Å²) in [6.07, 6.45) is 4.15. The minimum Gasteiger partial charge on any atom is -0.317 e. The minimum atomic E-state index is 0.976. The topological polar surface area (TPSA) is 12.0 Å². The van der Waals surface area contributed by atoms with E-state index in [2.05, 4.69) is 22.8 Å². The maximum atomic E-state index is 3.41. The molecule has 2 rings (SSSR count). The lowest BCUT2D eigenvalue weighted by Gasteiger charge is -2.21. The molecular weight excluding hydrogens is 210 g/mol. The van der Waals surface area contributed by atoms with Crippen molar-refractivity contribution < 1.29 is 0 Å². The zero-order valence-electron chi connectivity index (χ0n) is 8.37. The summed E-state index contributed by atoms with van der Waals surface area (Å²) in [5.74, 6) is 2.27. The van der Waals surface area contributed by atoms with E-state index in [1.807, 2.05) is 23.1 Å². The first-order valence-corrected chi connectivity index (χ1v) is 7.19. The summed E-state index contributed by atoms with van der Waals surface area (Å²) in [5.41, 5.74) is 0. The highest BCUT2D eigenvalue weighted by molar-refractivity contribution is 8.01. The summed E-state index contributed by atoms with van der Waals surface area (Å²) in [6.45, 7) is 2.46. The molecule has 0 unspecified atom stereocenters. The molecule has 3 heteroatoms. The van der Waals surface area contributed by atoms with Gasteiger partial charge in [-0.1, -0.05) is 6.07 Å². The van der Waals surface area contributed by atoms with Gasteiger partial charge in [0.15, 0.2) is 0 Å². The largest absolute Gasteiger partial charge is 0.317 e. The van der Waals surface area contributed by atoms with E-state index >= 15 is 0 Å². The molecule has 1 aliphatic rings. The first-order chi connectivity index (χ1) is 6.95. The van der Waals surface area contributed by atoms with Crippen LogP contribution in [-0.4, -0.2) is 18.8 Å². The molecule has 1 fully saturated rings. The third kappa shape index (κ3) is 3.30. The van der Waals surface area contributed by atoms with E-state index in [9.17, 15) is 0 Å². The lowest BCUT2D eigenvalue weighted by Crippen LogP contribution is -2.27. The molecule has 0 amide bonds. The van der Waals surface area contributed by atoms with Gasteiger partial charge in [-0.05, 0) is 55.5 Å². The van der Waals surface area contributed by atoms with Gasteiger partial charge in [-0.2, -0.15) is 0 Å². The van der Waals surface area contributed by atoms with E-state index in [0.717, 1.165) is 5.92 Å². The number of thioether (sulfide) groups is 1. The van der Waals surface area contributed by atoms with Gasteiger partial charge in [0.05, 0.1) is 4.21 Å². The molecule has 0 aromatic carbocycles. The molecule has 0 spiro atoms. The summed E-state index contributed by atoms with van der Waals surface area (Å²) < 4.78 is 1.47. The smallest absolute Gasteiger partial charge is 0.0598 e. The third-order valence-electron chi connectivity index (χ3n) is 2.72. The van der Waals surface area contributed by atoms with Gasteiger partial charge in [-0.3, -0.25) is 0 Å². The average molecular weight is 227 g/mol. The van der Waals surface area contributed by atoms with Crippen LogP contribution >= 0.6 is 23.1 Å². The summed E-state index contributed by atoms with van der Waals surface area (Å²) in [5, 5.41) is 5.57. The van der Waals surface area contributed by atoms with Gasteiger partial charge in [-0.15, -0.1) is 23.1 Å². The number of piperidine rings is 1. The van der Waals surface area contributed by atoms with Crippen molar-refractivity contribution in [1.82, 2.24) is 5.32 Å². The zero-order chi connectivity index (χ0) is 9.64. The normalized spacial score (nSPS) is 18.6. The highest BCUT2D eigenvalue weighted by Crippen LogP contribution is 2.26. The molecule has 0 aliphatic carbocycles. The molecule has 1 nitrogen and oxygen atoms in total. The van der Waals surface area contributed by atoms with E-state index < -0.39 is 0 Å². The Kier molecular flexibility index (Phi) is 4.35. The predicted molar refractivity (Wildman–Crippen MR) is 65.3 cm³/mol. The number of hydrogen-bond donors (Lipinski definition) is 1. The van der Waals surface area contributed by atoms with Crippen molar-refractivity contribution in [2.45, 2.75) is 23.5 Å². The molecule has 0 radical (unpaired) electrons. The van der Waals surface area contributed by atoms with Gasteiger partial charge >= 0.3 is 0 Å². The van der Waals surface area contributed by atoms with Crippen molar-refractivity contribution in [3.63, 3.8) is 0 Å². The van der Waals surface area contributed by atoms with Crippen molar-refractivity contribution in [3.8, 4) is 0 Å². The maximum absolute atomic E-state index is 3.41. The predicted octanol–water partition coefficient (Wildman–Crippen LogP) is 3.23. The van der Waals surface area contributed by atoms with Crippen LogP contribution in [0.15, 0.2) is 21.7 Å². The molecule has 0 bridgehead atoms. The Labute approximate surface area is 94.3 Å². The molecule has 14 heavy (non-hydrogen) atoms. The average Bonchev–Trinajstić information content (AvgIpc) is 2.72. The number of nitrogens with one attached hydrogen (secondary N) is 1. The Morgan fingerprint density at radius 1 is 1.43 bits per heavy atom. The van der Waals surface area contributed by atoms with Crippen LogP contribution < -0.4 is 5.32 Å². The van der Waals surface area contributed by atoms with E-state index in [1.165, 1.54) is 42.3 Å². The Morgan fingerprint density at radius 3 is 3.00 bits per heavy atom. The van der Waals surface area contributed by atoms with Crippen LogP contribution in [0.25, 0.3) is 0 Å². The first kappa shape index (κ1) is 10.5. The first-order valence-electron chi connectivity index (χ1n) is 5.32. The molecule has 0 saturated carbocycles. The van der Waals surface area contributed by atoms with E-state index in [0.29, 0.717) is 0 Å². The monoisotopic (exact) mass is 227 g/mol. The molecule has 0 atom stereocenters. The lowest BCUT2D eigenvalue weighted by molar-refractivity contribution is 0.367. The van der Waals surface area contributed by atoms with Gasteiger partial charge in [0.2, 0.25) is 0 Å². The Balaban J connectivity index is 1.62. The van der Waals surface area contributed by atoms with E-state index in [4.69, 9.17) is 0 Å². The fourth-order valence-corrected chi connectivity index (χ4v) is 3.81. The lowest BCUT2D eigenvalue weighted by atomic mass is 9.96. The molecule has 1 aromatic rings. The second-order valence-electron chi connectivity index (χ2n) is 3.76. The second-order valence-corrected chi connectivity index (χ2v) is 6.11. The summed E-state index contributed by atoms with van der Waals surface area (Å²) in [6, 6.07) is 4.36. The van der Waals surface area contributed by atoms with Crippen molar-refractivity contribution in [3.05, 3.63) is 17.5 Å². The number of thiophene rings is 1. The fourth-order valence-electron chi connectivity index (χ4n) is 1.84. The van der Waals surface area contributed by atoms with Crippen LogP contribution in [0.1, 0.15) is 19.3 Å². The summed E-state index contributed by atoms with van der Waals surface area (Å²) >= 11 is 3.88. The summed E-state index contributed by atoms with van der Waals surface area (Å²) in [7, 11) is 0. The van der Waals surface area contributed by atoms with Crippen molar-refractivity contribution in [2.24, 2.45) is 5.92 Å². The zero-order valence-corrected chi connectivity index (χ0v) is 10.0. The van der Waals surface area contributed by atoms with Gasteiger partial charge in [0.1, 0.15) is 0 Å². The van der Waals surface area contributed by atoms with Crippen molar-refractivity contribution in [2.75, 3.05) is 18.8 Å². The molecular formula is C11H17NS2. The van der Waals surface area contributed by atoms with Gasteiger partial charge in [0, 0.05) is 0 Å². The van der Waals surface area contributed by atoms with Gasteiger partial charge in [-0.25, -0.2) is 0 Å². The van der Waals surface area contributed by atoms with Gasteiger partial charge < -0.3 is 5.32 Å². The Morgan fingerprint density at radius 2 is 2.29 bits per heavy atom. The molecule has 2 heterocycles. The van der Waals surface area contributed by atoms with Crippen LogP contribution in [0, 0.1) is 5.92 Å². The van der Waals surface area contributed by atoms with Crippen LogP contribution in [0.3, 0.4) is 0 Å². The molecule has 1 N–H and O–H groups in total. The molecule has 78 valence electrons. The third-order valence-corrected chi connectivity index (χ3v) is 4.89. The minimum absolute atomic E-state index is 0.976. The van der Waals surface area contributed by atoms with Crippen molar-refractivity contribution in [1.29, 1.82) is 0 Å². The maximum Gasteiger partial charge on any atom is 0.0598 e. The van der Waals surface area contributed by atoms with Gasteiger partial charge in [0.25, 0.3) is 0 Å². The summed E-state index contributed by atoms with van der Waals surface area (Å²) in [4.78, 5) is 0. The Hall–Kier alpha value is 0.01000.